The molecule has 0 aliphatic carbocycles. The van der Waals surface area contributed by atoms with Crippen molar-refractivity contribution in [3.63, 3.8) is 0 Å². The maximum Gasteiger partial charge on any atom is 0.264 e. The maximum absolute atomic E-state index is 13.9. The summed E-state index contributed by atoms with van der Waals surface area (Å²) in [6, 6.07) is 22.5. The van der Waals surface area contributed by atoms with E-state index < -0.39 is 28.5 Å². The molecule has 2 amide bonds. The van der Waals surface area contributed by atoms with Crippen molar-refractivity contribution in [1.82, 2.24) is 10.2 Å². The van der Waals surface area contributed by atoms with Crippen molar-refractivity contribution in [3.8, 4) is 0 Å². The summed E-state index contributed by atoms with van der Waals surface area (Å²) < 4.78 is 28.8. The molecule has 3 aromatic carbocycles. The molecule has 208 valence electrons. The Balaban J connectivity index is 1.96. The van der Waals surface area contributed by atoms with E-state index in [1.165, 1.54) is 4.90 Å². The number of hydrogen-bond donors (Lipinski definition) is 1. The van der Waals surface area contributed by atoms with Gasteiger partial charge in [0.25, 0.3) is 10.0 Å². The number of amides is 2. The lowest BCUT2D eigenvalue weighted by molar-refractivity contribution is -0.139. The fraction of sp³-hybridized carbons (Fsp3) is 0.355. The zero-order chi connectivity index (χ0) is 28.6. The van der Waals surface area contributed by atoms with Crippen LogP contribution in [0, 0.1) is 13.8 Å². The van der Waals surface area contributed by atoms with Crippen molar-refractivity contribution in [2.45, 2.75) is 64.4 Å². The van der Waals surface area contributed by atoms with Crippen molar-refractivity contribution >= 4 is 27.5 Å². The third-order valence-electron chi connectivity index (χ3n) is 6.86. The molecule has 0 fully saturated rings. The summed E-state index contributed by atoms with van der Waals surface area (Å²) in [5.41, 5.74) is 3.31. The first-order chi connectivity index (χ1) is 18.5. The van der Waals surface area contributed by atoms with Gasteiger partial charge in [-0.2, -0.15) is 0 Å². The van der Waals surface area contributed by atoms with Gasteiger partial charge in [-0.1, -0.05) is 72.6 Å². The van der Waals surface area contributed by atoms with Gasteiger partial charge in [0.2, 0.25) is 11.8 Å². The fourth-order valence-corrected chi connectivity index (χ4v) is 5.53. The Morgan fingerprint density at radius 3 is 1.97 bits per heavy atom. The number of anilines is 1. The summed E-state index contributed by atoms with van der Waals surface area (Å²) in [6.45, 7) is 9.20. The van der Waals surface area contributed by atoms with E-state index in [0.29, 0.717) is 12.1 Å². The number of sulfonamides is 1. The van der Waals surface area contributed by atoms with E-state index in [1.807, 2.05) is 70.2 Å². The summed E-state index contributed by atoms with van der Waals surface area (Å²) in [5.74, 6) is -0.719. The van der Waals surface area contributed by atoms with Crippen LogP contribution in [0.5, 0.6) is 0 Å². The summed E-state index contributed by atoms with van der Waals surface area (Å²) in [4.78, 5) is 28.5. The largest absolute Gasteiger partial charge is 0.352 e. The van der Waals surface area contributed by atoms with Gasteiger partial charge in [-0.3, -0.25) is 13.9 Å². The second-order valence-electron chi connectivity index (χ2n) is 9.98. The first-order valence-corrected chi connectivity index (χ1v) is 14.8. The molecule has 0 saturated carbocycles. The third-order valence-corrected chi connectivity index (χ3v) is 8.65. The highest BCUT2D eigenvalue weighted by atomic mass is 32.2. The van der Waals surface area contributed by atoms with Gasteiger partial charge >= 0.3 is 0 Å². The van der Waals surface area contributed by atoms with Gasteiger partial charge in [0.15, 0.2) is 0 Å². The first-order valence-electron chi connectivity index (χ1n) is 13.3. The predicted octanol–water partition coefficient (Wildman–Crippen LogP) is 4.87. The number of hydrogen-bond acceptors (Lipinski definition) is 4. The number of nitrogens with one attached hydrogen (secondary N) is 1. The van der Waals surface area contributed by atoms with Crippen molar-refractivity contribution in [1.29, 1.82) is 0 Å². The summed E-state index contributed by atoms with van der Waals surface area (Å²) in [7, 11) is -4.06. The Morgan fingerprint density at radius 2 is 1.41 bits per heavy atom. The van der Waals surface area contributed by atoms with Crippen LogP contribution in [0.3, 0.4) is 0 Å². The molecule has 1 N–H and O–H groups in total. The monoisotopic (exact) mass is 549 g/mol. The summed E-state index contributed by atoms with van der Waals surface area (Å²) >= 11 is 0. The standard InChI is InChI=1S/C31H39N3O4S/c1-6-25(4)32-31(36)26(5)33(21-20-27-10-8-7-9-11-27)30(35)22-34(28-16-12-23(2)13-17-28)39(37,38)29-18-14-24(3)15-19-29/h7-19,25-26H,6,20-22H2,1-5H3,(H,32,36)/t25-,26+/m1/s1. The van der Waals surface area contributed by atoms with Gasteiger partial charge in [-0.05, 0) is 70.4 Å². The average Bonchev–Trinajstić information content (AvgIpc) is 2.93. The average molecular weight is 550 g/mol. The van der Waals surface area contributed by atoms with E-state index in [0.717, 1.165) is 27.4 Å². The molecule has 3 aromatic rings. The molecule has 0 spiro atoms. The molecule has 0 aliphatic rings. The molecule has 0 aromatic heterocycles. The molecule has 0 heterocycles. The van der Waals surface area contributed by atoms with Gasteiger partial charge in [0, 0.05) is 12.6 Å². The summed E-state index contributed by atoms with van der Waals surface area (Å²) in [6.07, 6.45) is 1.29. The number of nitrogens with zero attached hydrogens (tertiary/aromatic N) is 2. The van der Waals surface area contributed by atoms with Crippen LogP contribution in [-0.2, 0) is 26.0 Å². The quantitative estimate of drug-likeness (QED) is 0.349. The highest BCUT2D eigenvalue weighted by Crippen LogP contribution is 2.25. The van der Waals surface area contributed by atoms with Gasteiger partial charge < -0.3 is 10.2 Å². The van der Waals surface area contributed by atoms with Crippen LogP contribution in [0.1, 0.15) is 43.9 Å². The third kappa shape index (κ3) is 7.93. The normalized spacial score (nSPS) is 12.8. The van der Waals surface area contributed by atoms with Crippen LogP contribution < -0.4 is 9.62 Å². The molecule has 2 atom stereocenters. The van der Waals surface area contributed by atoms with E-state index in [4.69, 9.17) is 0 Å². The topological polar surface area (TPSA) is 86.8 Å². The van der Waals surface area contributed by atoms with Crippen molar-refractivity contribution in [2.24, 2.45) is 0 Å². The van der Waals surface area contributed by atoms with E-state index in [1.54, 1.807) is 43.3 Å². The second kappa shape index (κ2) is 13.4. The predicted molar refractivity (Wildman–Crippen MR) is 156 cm³/mol. The molecule has 0 unspecified atom stereocenters. The Morgan fingerprint density at radius 1 is 0.846 bits per heavy atom. The number of carbonyl (C=O) groups is 2. The zero-order valence-electron chi connectivity index (χ0n) is 23.4. The fourth-order valence-electron chi connectivity index (χ4n) is 4.11. The molecule has 3 rings (SSSR count). The SMILES string of the molecule is CC[C@@H](C)NC(=O)[C@H](C)N(CCc1ccccc1)C(=O)CN(c1ccc(C)cc1)S(=O)(=O)c1ccc(C)cc1. The Bertz CT molecular complexity index is 1340. The van der Waals surface area contributed by atoms with Crippen LogP contribution >= 0.6 is 0 Å². The maximum atomic E-state index is 13.9. The van der Waals surface area contributed by atoms with Gasteiger partial charge in [-0.25, -0.2) is 8.42 Å². The second-order valence-corrected chi connectivity index (χ2v) is 11.8. The van der Waals surface area contributed by atoms with E-state index >= 15 is 0 Å². The van der Waals surface area contributed by atoms with Crippen LogP contribution in [0.2, 0.25) is 0 Å². The number of aryl methyl sites for hydroxylation is 2. The first kappa shape index (κ1) is 29.9. The lowest BCUT2D eigenvalue weighted by atomic mass is 10.1. The van der Waals surface area contributed by atoms with Crippen molar-refractivity contribution in [3.05, 3.63) is 95.6 Å². The van der Waals surface area contributed by atoms with Crippen molar-refractivity contribution in [2.75, 3.05) is 17.4 Å². The molecule has 0 saturated heterocycles. The highest BCUT2D eigenvalue weighted by molar-refractivity contribution is 7.92. The minimum Gasteiger partial charge on any atom is -0.352 e. The lowest BCUT2D eigenvalue weighted by Crippen LogP contribution is -2.53. The van der Waals surface area contributed by atoms with Gasteiger partial charge in [-0.15, -0.1) is 0 Å². The smallest absolute Gasteiger partial charge is 0.264 e. The minimum atomic E-state index is -4.06. The van der Waals surface area contributed by atoms with Crippen LogP contribution in [0.15, 0.2) is 83.8 Å². The summed E-state index contributed by atoms with van der Waals surface area (Å²) in [5, 5.41) is 2.95. The van der Waals surface area contributed by atoms with Gasteiger partial charge in [0.1, 0.15) is 12.6 Å². The molecule has 39 heavy (non-hydrogen) atoms. The lowest BCUT2D eigenvalue weighted by Gasteiger charge is -2.32. The van der Waals surface area contributed by atoms with E-state index in [-0.39, 0.29) is 23.4 Å². The number of benzene rings is 3. The number of rotatable bonds is 12. The Hall–Kier alpha value is -3.65. The molecule has 8 heteroatoms. The molecule has 7 nitrogen and oxygen atoms in total. The molecule has 0 radical (unpaired) electrons. The molecule has 0 bridgehead atoms. The van der Waals surface area contributed by atoms with Crippen molar-refractivity contribution < 1.29 is 18.0 Å². The molecular weight excluding hydrogens is 510 g/mol. The minimum absolute atomic E-state index is 0.0444. The van der Waals surface area contributed by atoms with Crippen LogP contribution in [0.4, 0.5) is 5.69 Å². The van der Waals surface area contributed by atoms with Crippen LogP contribution in [0.25, 0.3) is 0 Å². The molecular formula is C31H39N3O4S. The highest BCUT2D eigenvalue weighted by Gasteiger charge is 2.32. The van der Waals surface area contributed by atoms with E-state index in [9.17, 15) is 18.0 Å². The Kier molecular flexibility index (Phi) is 10.3. The Labute approximate surface area is 232 Å². The molecule has 0 aliphatic heterocycles. The van der Waals surface area contributed by atoms with Crippen LogP contribution in [-0.4, -0.2) is 50.3 Å². The zero-order valence-corrected chi connectivity index (χ0v) is 24.2. The number of carbonyl (C=O) groups excluding carboxylic acids is 2. The van der Waals surface area contributed by atoms with E-state index in [2.05, 4.69) is 5.32 Å². The van der Waals surface area contributed by atoms with Gasteiger partial charge in [0.05, 0.1) is 10.6 Å².